The lowest BCUT2D eigenvalue weighted by molar-refractivity contribution is 0.0468. The van der Waals surface area contributed by atoms with Gasteiger partial charge in [0.05, 0.1) is 27.9 Å². The van der Waals surface area contributed by atoms with Crippen molar-refractivity contribution in [2.24, 2.45) is 0 Å². The van der Waals surface area contributed by atoms with E-state index in [-0.39, 0.29) is 22.8 Å². The third-order valence-corrected chi connectivity index (χ3v) is 8.31. The van der Waals surface area contributed by atoms with Crippen molar-refractivity contribution in [1.82, 2.24) is 4.98 Å². The molecule has 0 amide bonds. The highest BCUT2D eigenvalue weighted by molar-refractivity contribution is 7.92. The van der Waals surface area contributed by atoms with Crippen LogP contribution in [0, 0.1) is 0 Å². The number of ether oxygens (including phenoxy) is 2. The minimum Gasteiger partial charge on any atom is -0.496 e. The largest absolute Gasteiger partial charge is 0.496 e. The number of benzene rings is 3. The van der Waals surface area contributed by atoms with Gasteiger partial charge in [-0.2, -0.15) is 0 Å². The van der Waals surface area contributed by atoms with Gasteiger partial charge in [0.1, 0.15) is 22.9 Å². The van der Waals surface area contributed by atoms with Crippen LogP contribution in [0.5, 0.6) is 5.75 Å². The molecule has 3 aromatic carbocycles. The third kappa shape index (κ3) is 3.94. The van der Waals surface area contributed by atoms with Crippen LogP contribution in [0.4, 0.5) is 5.69 Å². The molecule has 0 bridgehead atoms. The fourth-order valence-electron chi connectivity index (χ4n) is 3.88. The summed E-state index contributed by atoms with van der Waals surface area (Å²) >= 11 is 1.44. The Labute approximate surface area is 195 Å². The highest BCUT2D eigenvalue weighted by Gasteiger charge is 2.31. The van der Waals surface area contributed by atoms with E-state index >= 15 is 0 Å². The Bertz CT molecular complexity index is 1430. The number of aromatic nitrogens is 1. The summed E-state index contributed by atoms with van der Waals surface area (Å²) in [6, 6.07) is 19.3. The molecule has 9 heteroatoms. The maximum absolute atomic E-state index is 13.4. The van der Waals surface area contributed by atoms with Crippen LogP contribution in [0.3, 0.4) is 0 Å². The zero-order valence-corrected chi connectivity index (χ0v) is 19.4. The first-order chi connectivity index (χ1) is 16.0. The highest BCUT2D eigenvalue weighted by atomic mass is 32.2. The maximum atomic E-state index is 13.4. The van der Waals surface area contributed by atoms with Gasteiger partial charge in [-0.3, -0.25) is 4.31 Å². The second-order valence-corrected chi connectivity index (χ2v) is 10.4. The second-order valence-electron chi connectivity index (χ2n) is 7.47. The average Bonchev–Trinajstić information content (AvgIpc) is 3.46. The Morgan fingerprint density at radius 1 is 1.09 bits per heavy atom. The van der Waals surface area contributed by atoms with Gasteiger partial charge >= 0.3 is 5.97 Å². The monoisotopic (exact) mass is 480 g/mol. The van der Waals surface area contributed by atoms with Gasteiger partial charge in [0, 0.05) is 6.54 Å². The van der Waals surface area contributed by atoms with Gasteiger partial charge in [-0.1, -0.05) is 30.3 Å². The first kappa shape index (κ1) is 21.4. The van der Waals surface area contributed by atoms with E-state index in [9.17, 15) is 13.2 Å². The molecule has 2 heterocycles. The number of esters is 1. The van der Waals surface area contributed by atoms with E-state index in [1.54, 1.807) is 6.07 Å². The lowest BCUT2D eigenvalue weighted by Crippen LogP contribution is -2.29. The number of hydrogen-bond donors (Lipinski definition) is 0. The third-order valence-electron chi connectivity index (χ3n) is 5.49. The summed E-state index contributed by atoms with van der Waals surface area (Å²) in [5, 5.41) is 0.654. The predicted molar refractivity (Wildman–Crippen MR) is 126 cm³/mol. The maximum Gasteiger partial charge on any atom is 0.342 e. The van der Waals surface area contributed by atoms with E-state index in [4.69, 9.17) is 9.47 Å². The van der Waals surface area contributed by atoms with E-state index in [1.165, 1.54) is 41.0 Å². The fraction of sp³-hybridized carbons (Fsp3) is 0.167. The van der Waals surface area contributed by atoms with E-state index in [0.29, 0.717) is 23.7 Å². The van der Waals surface area contributed by atoms with Gasteiger partial charge in [0.15, 0.2) is 0 Å². The standard InChI is InChI=1S/C24H20N2O5S2/c1-30-21-11-10-17(33(28,29)26-13-12-16-6-2-4-8-20(16)26)14-18(21)24(27)31-15-23-25-19-7-3-5-9-22(19)32-23/h2-11,14H,12-13,15H2,1H3. The molecular formula is C24H20N2O5S2. The number of thiazole rings is 1. The normalized spacial score (nSPS) is 13.2. The van der Waals surface area contributed by atoms with Crippen LogP contribution in [0.1, 0.15) is 20.9 Å². The number of hydrogen-bond acceptors (Lipinski definition) is 7. The van der Waals surface area contributed by atoms with Crippen molar-refractivity contribution in [1.29, 1.82) is 0 Å². The molecule has 168 valence electrons. The molecule has 0 unspecified atom stereocenters. The SMILES string of the molecule is COc1ccc(S(=O)(=O)N2CCc3ccccc32)cc1C(=O)OCc1nc2ccccc2s1. The molecule has 4 aromatic rings. The van der Waals surface area contributed by atoms with Crippen molar-refractivity contribution in [3.63, 3.8) is 0 Å². The minimum absolute atomic E-state index is 0.00643. The first-order valence-corrected chi connectivity index (χ1v) is 12.5. The van der Waals surface area contributed by atoms with E-state index in [1.807, 2.05) is 42.5 Å². The van der Waals surface area contributed by atoms with E-state index in [2.05, 4.69) is 4.98 Å². The summed E-state index contributed by atoms with van der Waals surface area (Å²) in [5.74, 6) is -0.435. The average molecular weight is 481 g/mol. The Hall–Kier alpha value is -3.43. The van der Waals surface area contributed by atoms with Crippen molar-refractivity contribution in [3.8, 4) is 5.75 Å². The Balaban J connectivity index is 1.41. The van der Waals surface area contributed by atoms with Gasteiger partial charge in [0.25, 0.3) is 10.0 Å². The number of anilines is 1. The van der Waals surface area contributed by atoms with Gasteiger partial charge in [-0.25, -0.2) is 18.2 Å². The summed E-state index contributed by atoms with van der Waals surface area (Å²) < 4.78 is 39.9. The van der Waals surface area contributed by atoms with Gasteiger partial charge < -0.3 is 9.47 Å². The van der Waals surface area contributed by atoms with Crippen molar-refractivity contribution >= 4 is 43.2 Å². The topological polar surface area (TPSA) is 85.8 Å². The lowest BCUT2D eigenvalue weighted by Gasteiger charge is -2.20. The highest BCUT2D eigenvalue weighted by Crippen LogP contribution is 2.34. The van der Waals surface area contributed by atoms with Crippen LogP contribution in [0.15, 0.2) is 71.6 Å². The van der Waals surface area contributed by atoms with Gasteiger partial charge in [-0.15, -0.1) is 11.3 Å². The van der Waals surface area contributed by atoms with Crippen molar-refractivity contribution in [2.75, 3.05) is 18.0 Å². The molecule has 0 saturated carbocycles. The summed E-state index contributed by atoms with van der Waals surface area (Å²) in [6.45, 7) is 0.336. The van der Waals surface area contributed by atoms with Crippen LogP contribution in [0.25, 0.3) is 10.2 Å². The fourth-order valence-corrected chi connectivity index (χ4v) is 6.29. The number of carbonyl (C=O) groups is 1. The van der Waals surface area contributed by atoms with Crippen molar-refractivity contribution < 1.29 is 22.7 Å². The lowest BCUT2D eigenvalue weighted by atomic mass is 10.2. The number of nitrogens with zero attached hydrogens (tertiary/aromatic N) is 2. The Morgan fingerprint density at radius 2 is 1.88 bits per heavy atom. The molecule has 7 nitrogen and oxygen atoms in total. The zero-order chi connectivity index (χ0) is 23.0. The van der Waals surface area contributed by atoms with Crippen LogP contribution in [0.2, 0.25) is 0 Å². The number of para-hydroxylation sites is 2. The van der Waals surface area contributed by atoms with E-state index in [0.717, 1.165) is 15.8 Å². The molecule has 0 fully saturated rings. The smallest absolute Gasteiger partial charge is 0.342 e. The molecule has 0 spiro atoms. The van der Waals surface area contributed by atoms with Gasteiger partial charge in [0.2, 0.25) is 0 Å². The molecular weight excluding hydrogens is 460 g/mol. The molecule has 0 atom stereocenters. The number of sulfonamides is 1. The number of rotatable bonds is 6. The summed E-state index contributed by atoms with van der Waals surface area (Å²) in [6.07, 6.45) is 0.641. The zero-order valence-electron chi connectivity index (χ0n) is 17.7. The molecule has 0 radical (unpaired) electrons. The molecule has 0 aliphatic carbocycles. The summed E-state index contributed by atoms with van der Waals surface area (Å²) in [4.78, 5) is 17.3. The van der Waals surface area contributed by atoms with Crippen LogP contribution in [-0.4, -0.2) is 33.0 Å². The van der Waals surface area contributed by atoms with Crippen LogP contribution < -0.4 is 9.04 Å². The predicted octanol–water partition coefficient (Wildman–Crippen LogP) is 4.41. The Morgan fingerprint density at radius 3 is 2.70 bits per heavy atom. The molecule has 1 aliphatic rings. The van der Waals surface area contributed by atoms with Crippen LogP contribution >= 0.6 is 11.3 Å². The first-order valence-electron chi connectivity index (χ1n) is 10.3. The quantitative estimate of drug-likeness (QED) is 0.380. The summed E-state index contributed by atoms with van der Waals surface area (Å²) in [7, 11) is -2.44. The number of fused-ring (bicyclic) bond motifs is 2. The van der Waals surface area contributed by atoms with Crippen molar-refractivity contribution in [2.45, 2.75) is 17.9 Å². The molecule has 0 N–H and O–H groups in total. The van der Waals surface area contributed by atoms with E-state index < -0.39 is 16.0 Å². The molecule has 33 heavy (non-hydrogen) atoms. The second kappa shape index (κ2) is 8.49. The molecule has 1 aromatic heterocycles. The van der Waals surface area contributed by atoms with Crippen LogP contribution in [-0.2, 0) is 27.8 Å². The minimum atomic E-state index is -3.86. The van der Waals surface area contributed by atoms with Crippen molar-refractivity contribution in [3.05, 3.63) is 82.9 Å². The van der Waals surface area contributed by atoms with Gasteiger partial charge in [-0.05, 0) is 48.4 Å². The summed E-state index contributed by atoms with van der Waals surface area (Å²) in [5.41, 5.74) is 2.52. The molecule has 0 saturated heterocycles. The number of methoxy groups -OCH3 is 1. The number of carbonyl (C=O) groups excluding carboxylic acids is 1. The Kier molecular flexibility index (Phi) is 5.51. The molecule has 5 rings (SSSR count). The molecule has 1 aliphatic heterocycles.